The van der Waals surface area contributed by atoms with Gasteiger partial charge in [-0.15, -0.1) is 45.3 Å². The van der Waals surface area contributed by atoms with Crippen molar-refractivity contribution in [3.8, 4) is 20.0 Å². The molecule has 4 aromatic heterocycles. The Kier molecular flexibility index (Phi) is 12.8. The molecule has 2 atom stereocenters. The highest BCUT2D eigenvalue weighted by molar-refractivity contribution is 7.22. The summed E-state index contributed by atoms with van der Waals surface area (Å²) >= 11 is 6.36. The first-order valence-electron chi connectivity index (χ1n) is 18.9. The minimum atomic E-state index is -0.554. The van der Waals surface area contributed by atoms with Gasteiger partial charge in [-0.2, -0.15) is 0 Å². The van der Waals surface area contributed by atoms with Crippen LogP contribution < -0.4 is 11.0 Å². The van der Waals surface area contributed by atoms with Crippen LogP contribution in [0.15, 0.2) is 60.1 Å². The molecule has 0 bridgehead atoms. The lowest BCUT2D eigenvalue weighted by Crippen LogP contribution is -2.18. The second kappa shape index (κ2) is 18.0. The molecular weight excluding hydrogens is 813 g/mol. The summed E-state index contributed by atoms with van der Waals surface area (Å²) < 4.78 is 0. The van der Waals surface area contributed by atoms with Crippen LogP contribution in [0, 0.1) is 13.8 Å². The van der Waals surface area contributed by atoms with Gasteiger partial charge in [0.2, 0.25) is 0 Å². The molecule has 2 fully saturated rings. The quantitative estimate of drug-likeness (QED) is 0.0467. The SMILES string of the molecule is Cc1cnc(-c2nc(C(=O)C[C@@H](C)c3ccc(C(=O)NO)cc3)c(C3CC3)s2)s1.Cc1csc(-c2nc(C(=O)C[C@@H](C)c3ccc(C(=O)NO)cc3)c(C3CC3)s2)n1. The van der Waals surface area contributed by atoms with E-state index in [1.165, 1.54) is 0 Å². The predicted octanol–water partition coefficient (Wildman–Crippen LogP) is 9.90. The third kappa shape index (κ3) is 9.71. The van der Waals surface area contributed by atoms with E-state index in [9.17, 15) is 19.2 Å². The number of amides is 2. The zero-order valence-electron chi connectivity index (χ0n) is 32.3. The Morgan fingerprint density at radius 3 is 1.47 bits per heavy atom. The first-order chi connectivity index (χ1) is 27.9. The van der Waals surface area contributed by atoms with Gasteiger partial charge in [0.1, 0.15) is 11.4 Å². The number of ketones is 2. The van der Waals surface area contributed by atoms with Crippen LogP contribution in [-0.2, 0) is 0 Å². The molecule has 0 unspecified atom stereocenters. The second-order valence-electron chi connectivity index (χ2n) is 14.8. The zero-order chi connectivity index (χ0) is 41.1. The van der Waals surface area contributed by atoms with Crippen LogP contribution in [-0.4, -0.2) is 53.7 Å². The van der Waals surface area contributed by atoms with Crippen LogP contribution in [0.25, 0.3) is 20.0 Å². The number of nitrogens with one attached hydrogen (secondary N) is 2. The number of thiazole rings is 4. The molecule has 12 nitrogen and oxygen atoms in total. The van der Waals surface area contributed by atoms with Gasteiger partial charge >= 0.3 is 0 Å². The number of nitrogens with zero attached hydrogens (tertiary/aromatic N) is 4. The van der Waals surface area contributed by atoms with E-state index in [-0.39, 0.29) is 23.4 Å². The molecule has 2 aromatic carbocycles. The van der Waals surface area contributed by atoms with Gasteiger partial charge in [-0.05, 0) is 98.6 Å². The smallest absolute Gasteiger partial charge is 0.274 e. The van der Waals surface area contributed by atoms with Crippen molar-refractivity contribution in [2.75, 3.05) is 0 Å². The normalized spacial score (nSPS) is 14.6. The third-order valence-corrected chi connectivity index (χ3v) is 14.6. The Hall–Kier alpha value is -4.84. The van der Waals surface area contributed by atoms with E-state index in [0.717, 1.165) is 77.2 Å². The van der Waals surface area contributed by atoms with E-state index >= 15 is 0 Å². The molecule has 2 aliphatic rings. The van der Waals surface area contributed by atoms with Crippen molar-refractivity contribution in [1.29, 1.82) is 0 Å². The van der Waals surface area contributed by atoms with Crippen LogP contribution >= 0.6 is 45.3 Å². The zero-order valence-corrected chi connectivity index (χ0v) is 35.5. The summed E-state index contributed by atoms with van der Waals surface area (Å²) in [4.78, 5) is 70.7. The number of Topliss-reactive ketones (excluding diaryl/α,β-unsaturated/α-hetero) is 2. The number of hydrogen-bond acceptors (Lipinski definition) is 14. The van der Waals surface area contributed by atoms with E-state index in [0.29, 0.717) is 47.2 Å². The molecule has 6 aromatic rings. The van der Waals surface area contributed by atoms with Gasteiger partial charge in [-0.25, -0.2) is 30.9 Å². The minimum Gasteiger partial charge on any atom is -0.292 e. The van der Waals surface area contributed by atoms with Crippen molar-refractivity contribution in [2.45, 2.75) is 89.9 Å². The first-order valence-corrected chi connectivity index (χ1v) is 22.3. The van der Waals surface area contributed by atoms with Crippen LogP contribution in [0.4, 0.5) is 0 Å². The standard InChI is InChI=1S/2C21H21N3O3S2/c1-11(13-3-7-15(8-4-13)19(26)24-27)9-16(25)17-18(14-5-6-14)29-21(23-17)20-22-12(2)10-28-20;1-11(13-3-7-15(8-4-13)19(26)24-27)9-16(25)17-18(14-5-6-14)29-21(23-17)20-22-10-12(2)28-20/h2*3-4,7-8,10-11,14,27H,5-6,9H2,1-2H3,(H,24,26)/t2*11-/m11/s1. The number of benzene rings is 2. The fraction of sp³-hybridized carbons (Fsp3) is 0.333. The van der Waals surface area contributed by atoms with Gasteiger partial charge in [-0.3, -0.25) is 29.6 Å². The Balaban J connectivity index is 0.000000177. The average Bonchev–Trinajstić information content (AvgIpc) is 4.06. The molecule has 0 saturated heterocycles. The number of hydroxylamine groups is 2. The van der Waals surface area contributed by atoms with E-state index < -0.39 is 11.8 Å². The van der Waals surface area contributed by atoms with E-state index in [2.05, 4.69) is 19.9 Å². The topological polar surface area (TPSA) is 184 Å². The Morgan fingerprint density at radius 1 is 0.655 bits per heavy atom. The van der Waals surface area contributed by atoms with Crippen LogP contribution in [0.2, 0.25) is 0 Å². The summed E-state index contributed by atoms with van der Waals surface area (Å²) in [6, 6.07) is 13.8. The molecule has 0 aliphatic heterocycles. The maximum Gasteiger partial charge on any atom is 0.274 e. The number of aryl methyl sites for hydroxylation is 2. The lowest BCUT2D eigenvalue weighted by Gasteiger charge is -2.11. The Morgan fingerprint density at radius 2 is 1.10 bits per heavy atom. The van der Waals surface area contributed by atoms with Gasteiger partial charge in [0.15, 0.2) is 31.6 Å². The number of aromatic nitrogens is 4. The molecule has 8 rings (SSSR count). The summed E-state index contributed by atoms with van der Waals surface area (Å²) in [5.41, 5.74) is 8.07. The van der Waals surface area contributed by atoms with Crippen molar-refractivity contribution >= 4 is 68.7 Å². The largest absolute Gasteiger partial charge is 0.292 e. The van der Waals surface area contributed by atoms with Crippen LogP contribution in [0.3, 0.4) is 0 Å². The maximum atomic E-state index is 13.1. The van der Waals surface area contributed by atoms with Gasteiger partial charge in [0, 0.05) is 55.9 Å². The van der Waals surface area contributed by atoms with Crippen LogP contribution in [0.1, 0.15) is 149 Å². The molecule has 58 heavy (non-hydrogen) atoms. The first kappa shape index (κ1) is 41.3. The van der Waals surface area contributed by atoms with E-state index in [4.69, 9.17) is 10.4 Å². The molecule has 0 spiro atoms. The average molecular weight is 855 g/mol. The monoisotopic (exact) mass is 854 g/mol. The Bertz CT molecular complexity index is 2270. The van der Waals surface area contributed by atoms with Gasteiger partial charge in [0.05, 0.1) is 0 Å². The van der Waals surface area contributed by atoms with E-state index in [1.807, 2.05) is 63.5 Å². The number of rotatable bonds is 14. The molecule has 4 N–H and O–H groups in total. The Labute approximate surface area is 351 Å². The van der Waals surface area contributed by atoms with E-state index in [1.54, 1.807) is 80.6 Å². The van der Waals surface area contributed by atoms with Crippen molar-refractivity contribution < 1.29 is 29.6 Å². The summed E-state index contributed by atoms with van der Waals surface area (Å²) in [5.74, 6) is -0.120. The van der Waals surface area contributed by atoms with Gasteiger partial charge < -0.3 is 0 Å². The number of carbonyl (C=O) groups excluding carboxylic acids is 4. The molecule has 4 heterocycles. The van der Waals surface area contributed by atoms with Crippen LogP contribution in [0.5, 0.6) is 0 Å². The van der Waals surface area contributed by atoms with Crippen molar-refractivity contribution in [2.24, 2.45) is 0 Å². The number of carbonyl (C=O) groups is 4. The molecule has 300 valence electrons. The molecule has 2 amide bonds. The molecule has 16 heteroatoms. The third-order valence-electron chi connectivity index (χ3n) is 10.0. The lowest BCUT2D eigenvalue weighted by molar-refractivity contribution is 0.0702. The van der Waals surface area contributed by atoms with Crippen molar-refractivity contribution in [3.63, 3.8) is 0 Å². The second-order valence-corrected chi connectivity index (χ2v) is 18.9. The summed E-state index contributed by atoms with van der Waals surface area (Å²) in [6.07, 6.45) is 7.00. The predicted molar refractivity (Wildman–Crippen MR) is 226 cm³/mol. The summed E-state index contributed by atoms with van der Waals surface area (Å²) in [7, 11) is 0. The van der Waals surface area contributed by atoms with Crippen molar-refractivity contribution in [1.82, 2.24) is 30.9 Å². The minimum absolute atomic E-state index is 0.00644. The van der Waals surface area contributed by atoms with Crippen molar-refractivity contribution in [3.05, 3.63) is 114 Å². The molecule has 0 radical (unpaired) electrons. The fourth-order valence-electron chi connectivity index (χ4n) is 6.44. The maximum absolute atomic E-state index is 13.1. The molecular formula is C42H42N6O6S4. The highest BCUT2D eigenvalue weighted by Gasteiger charge is 2.34. The van der Waals surface area contributed by atoms with Gasteiger partial charge in [0.25, 0.3) is 11.8 Å². The summed E-state index contributed by atoms with van der Waals surface area (Å²) in [6.45, 7) is 7.96. The highest BCUT2D eigenvalue weighted by Crippen LogP contribution is 2.48. The summed E-state index contributed by atoms with van der Waals surface area (Å²) in [5, 5.41) is 22.9. The molecule has 2 saturated carbocycles. The van der Waals surface area contributed by atoms with Gasteiger partial charge in [-0.1, -0.05) is 38.1 Å². The lowest BCUT2D eigenvalue weighted by atomic mass is 9.93. The fourth-order valence-corrected chi connectivity index (χ4v) is 10.6. The highest BCUT2D eigenvalue weighted by atomic mass is 32.1. The number of hydrogen-bond donors (Lipinski definition) is 4. The molecule has 2 aliphatic carbocycles.